The molecule has 1 aromatic carbocycles. The molecule has 100 valence electrons. The largest absolute Gasteiger partial charge is 0.443 e. The second-order valence-corrected chi connectivity index (χ2v) is 3.56. The van der Waals surface area contributed by atoms with E-state index < -0.39 is 41.9 Å². The Labute approximate surface area is 106 Å². The van der Waals surface area contributed by atoms with Gasteiger partial charge >= 0.3 is 12.0 Å². The van der Waals surface area contributed by atoms with Crippen molar-refractivity contribution >= 4 is 18.5 Å². The molecule has 0 aromatic heterocycles. The van der Waals surface area contributed by atoms with Gasteiger partial charge in [-0.15, -0.1) is 12.4 Å². The van der Waals surface area contributed by atoms with E-state index in [0.717, 1.165) is 18.2 Å². The average Bonchev–Trinajstić information content (AvgIpc) is 2.26. The highest BCUT2D eigenvalue weighted by atomic mass is 35.5. The minimum Gasteiger partial charge on any atom is -0.443 e. The van der Waals surface area contributed by atoms with Crippen LogP contribution in [0.15, 0.2) is 18.2 Å². The van der Waals surface area contributed by atoms with E-state index in [1.807, 2.05) is 0 Å². The van der Waals surface area contributed by atoms with Crippen molar-refractivity contribution in [2.24, 2.45) is 0 Å². The highest BCUT2D eigenvalue weighted by molar-refractivity contribution is 5.85. The summed E-state index contributed by atoms with van der Waals surface area (Å²) in [6, 6.07) is 0.950. The summed E-state index contributed by atoms with van der Waals surface area (Å²) in [4.78, 5) is 10.8. The van der Waals surface area contributed by atoms with Crippen molar-refractivity contribution in [1.82, 2.24) is 5.32 Å². The quantitative estimate of drug-likeness (QED) is 0.806. The van der Waals surface area contributed by atoms with Gasteiger partial charge < -0.3 is 10.1 Å². The van der Waals surface area contributed by atoms with E-state index in [0.29, 0.717) is 0 Å². The number of nitrogens with one attached hydrogen (secondary N) is 1. The summed E-state index contributed by atoms with van der Waals surface area (Å²) in [6.07, 6.45) is -1.09. The lowest BCUT2D eigenvalue weighted by Crippen LogP contribution is -2.50. The minimum atomic E-state index is -3.50. The maximum atomic E-state index is 13.4. The third kappa shape index (κ3) is 2.50. The lowest BCUT2D eigenvalue weighted by atomic mass is 9.99. The molecule has 1 aliphatic heterocycles. The van der Waals surface area contributed by atoms with E-state index in [-0.39, 0.29) is 12.4 Å². The Hall–Kier alpha value is -1.50. The van der Waals surface area contributed by atoms with Crippen LogP contribution in [0.25, 0.3) is 0 Å². The van der Waals surface area contributed by atoms with Gasteiger partial charge in [-0.25, -0.2) is 22.4 Å². The zero-order valence-corrected chi connectivity index (χ0v) is 9.57. The summed E-state index contributed by atoms with van der Waals surface area (Å²) in [7, 11) is 0. The predicted octanol–water partition coefficient (Wildman–Crippen LogP) is 2.80. The SMILES string of the molecule is Cl.O=C1N[C@@H](c2cccc(F)c2F)C(F)(F)CO1. The first-order valence-corrected chi connectivity index (χ1v) is 4.67. The number of alkyl carbamates (subject to hydrolysis) is 1. The number of amides is 1. The smallest absolute Gasteiger partial charge is 0.408 e. The summed E-state index contributed by atoms with van der Waals surface area (Å²) in [5.74, 6) is -6.15. The van der Waals surface area contributed by atoms with E-state index in [9.17, 15) is 22.4 Å². The van der Waals surface area contributed by atoms with E-state index in [1.54, 1.807) is 5.32 Å². The monoisotopic (exact) mass is 285 g/mol. The molecule has 1 aliphatic rings. The van der Waals surface area contributed by atoms with Gasteiger partial charge in [0.1, 0.15) is 6.04 Å². The van der Waals surface area contributed by atoms with Crippen LogP contribution in [0.3, 0.4) is 0 Å². The van der Waals surface area contributed by atoms with Crippen molar-refractivity contribution in [3.05, 3.63) is 35.4 Å². The van der Waals surface area contributed by atoms with Crippen LogP contribution in [-0.2, 0) is 4.74 Å². The van der Waals surface area contributed by atoms with Crippen LogP contribution in [0.2, 0.25) is 0 Å². The molecule has 1 amide bonds. The molecular weight excluding hydrogens is 278 g/mol. The molecule has 3 nitrogen and oxygen atoms in total. The molecule has 1 atom stereocenters. The number of hydrogen-bond acceptors (Lipinski definition) is 2. The summed E-state index contributed by atoms with van der Waals surface area (Å²) in [6.45, 7) is -1.17. The average molecular weight is 286 g/mol. The molecule has 1 N–H and O–H groups in total. The van der Waals surface area contributed by atoms with Gasteiger partial charge in [0.2, 0.25) is 0 Å². The second-order valence-electron chi connectivity index (χ2n) is 3.56. The van der Waals surface area contributed by atoms with Crippen LogP contribution in [0.1, 0.15) is 11.6 Å². The van der Waals surface area contributed by atoms with E-state index in [1.165, 1.54) is 0 Å². The molecule has 0 unspecified atom stereocenters. The van der Waals surface area contributed by atoms with Crippen molar-refractivity contribution < 1.29 is 27.1 Å². The number of benzene rings is 1. The van der Waals surface area contributed by atoms with Gasteiger partial charge in [-0.3, -0.25) is 0 Å². The zero-order chi connectivity index (χ0) is 12.6. The molecule has 0 radical (unpaired) electrons. The van der Waals surface area contributed by atoms with Crippen LogP contribution in [0.4, 0.5) is 22.4 Å². The molecule has 1 saturated heterocycles. The first kappa shape index (κ1) is 14.6. The van der Waals surface area contributed by atoms with Crippen LogP contribution < -0.4 is 5.32 Å². The molecule has 0 spiro atoms. The highest BCUT2D eigenvalue weighted by Crippen LogP contribution is 2.35. The van der Waals surface area contributed by atoms with Crippen LogP contribution in [0, 0.1) is 11.6 Å². The molecule has 0 saturated carbocycles. The van der Waals surface area contributed by atoms with Crippen molar-refractivity contribution in [3.8, 4) is 0 Å². The molecular formula is C10H8ClF4NO2. The maximum Gasteiger partial charge on any atom is 0.408 e. The third-order valence-electron chi connectivity index (χ3n) is 2.37. The van der Waals surface area contributed by atoms with Crippen molar-refractivity contribution in [2.45, 2.75) is 12.0 Å². The Kier molecular flexibility index (Phi) is 4.05. The highest BCUT2D eigenvalue weighted by Gasteiger charge is 2.48. The minimum absolute atomic E-state index is 0. The van der Waals surface area contributed by atoms with Crippen molar-refractivity contribution in [2.75, 3.05) is 6.61 Å². The van der Waals surface area contributed by atoms with Crippen LogP contribution >= 0.6 is 12.4 Å². The number of hydrogen-bond donors (Lipinski definition) is 1. The summed E-state index contributed by atoms with van der Waals surface area (Å²) in [5.41, 5.74) is -0.605. The molecule has 1 fully saturated rings. The number of carbonyl (C=O) groups excluding carboxylic acids is 1. The van der Waals surface area contributed by atoms with Gasteiger partial charge in [0, 0.05) is 5.56 Å². The van der Waals surface area contributed by atoms with E-state index >= 15 is 0 Å². The maximum absolute atomic E-state index is 13.4. The summed E-state index contributed by atoms with van der Waals surface area (Å²) < 4.78 is 57.2. The number of halogens is 5. The number of carbonyl (C=O) groups is 1. The molecule has 0 aliphatic carbocycles. The summed E-state index contributed by atoms with van der Waals surface area (Å²) in [5, 5.41) is 1.77. The fourth-order valence-corrected chi connectivity index (χ4v) is 1.56. The standard InChI is InChI=1S/C10H7F4NO2.ClH/c11-6-3-1-2-5(7(6)12)8-10(13,14)4-17-9(16)15-8;/h1-3,8H,4H2,(H,15,16);1H/t8-;/m0./s1. The van der Waals surface area contributed by atoms with E-state index in [4.69, 9.17) is 0 Å². The fourth-order valence-electron chi connectivity index (χ4n) is 1.56. The van der Waals surface area contributed by atoms with Crippen LogP contribution in [-0.4, -0.2) is 18.6 Å². The first-order chi connectivity index (χ1) is 7.92. The Balaban J connectivity index is 0.00000162. The number of rotatable bonds is 1. The molecule has 1 aromatic rings. The number of alkyl halides is 2. The van der Waals surface area contributed by atoms with Gasteiger partial charge in [0.25, 0.3) is 0 Å². The fraction of sp³-hybridized carbons (Fsp3) is 0.300. The molecule has 18 heavy (non-hydrogen) atoms. The normalized spacial score (nSPS) is 21.6. The van der Waals surface area contributed by atoms with Crippen molar-refractivity contribution in [1.29, 1.82) is 0 Å². The van der Waals surface area contributed by atoms with Gasteiger partial charge in [-0.2, -0.15) is 0 Å². The van der Waals surface area contributed by atoms with E-state index in [2.05, 4.69) is 4.74 Å². The Bertz CT molecular complexity index is 469. The predicted molar refractivity (Wildman–Crippen MR) is 55.8 cm³/mol. The van der Waals surface area contributed by atoms with Gasteiger partial charge in [-0.1, -0.05) is 12.1 Å². The van der Waals surface area contributed by atoms with Crippen LogP contribution in [0.5, 0.6) is 0 Å². The lowest BCUT2D eigenvalue weighted by molar-refractivity contribution is -0.105. The Morgan fingerprint density at radius 3 is 2.67 bits per heavy atom. The van der Waals surface area contributed by atoms with Gasteiger partial charge in [-0.05, 0) is 6.07 Å². The number of ether oxygens (including phenoxy) is 1. The molecule has 8 heteroatoms. The first-order valence-electron chi connectivity index (χ1n) is 4.67. The molecule has 1 heterocycles. The third-order valence-corrected chi connectivity index (χ3v) is 2.37. The lowest BCUT2D eigenvalue weighted by Gasteiger charge is -2.31. The summed E-state index contributed by atoms with van der Waals surface area (Å²) >= 11 is 0. The van der Waals surface area contributed by atoms with Gasteiger partial charge in [0.05, 0.1) is 0 Å². The number of cyclic esters (lactones) is 1. The Morgan fingerprint density at radius 2 is 2.00 bits per heavy atom. The topological polar surface area (TPSA) is 38.3 Å². The zero-order valence-electron chi connectivity index (χ0n) is 8.75. The molecule has 2 rings (SSSR count). The second kappa shape index (κ2) is 5.01. The van der Waals surface area contributed by atoms with Gasteiger partial charge in [0.15, 0.2) is 18.2 Å². The Morgan fingerprint density at radius 1 is 1.33 bits per heavy atom. The van der Waals surface area contributed by atoms with Crippen molar-refractivity contribution in [3.63, 3.8) is 0 Å². The molecule has 0 bridgehead atoms.